The minimum Gasteiger partial charge on any atom is -0.508 e. The van der Waals surface area contributed by atoms with Crippen molar-refractivity contribution < 1.29 is 20.4 Å². The summed E-state index contributed by atoms with van der Waals surface area (Å²) >= 11 is 0. The first-order valence-electron chi connectivity index (χ1n) is 5.61. The zero-order chi connectivity index (χ0) is 12.9. The van der Waals surface area contributed by atoms with Gasteiger partial charge in [-0.1, -0.05) is 24.3 Å². The number of aliphatic hydroxyl groups excluding tert-OH is 2. The van der Waals surface area contributed by atoms with E-state index >= 15 is 0 Å². The van der Waals surface area contributed by atoms with Gasteiger partial charge in [-0.25, -0.2) is 0 Å². The topological polar surface area (TPSA) is 80.9 Å². The molecule has 2 aromatic rings. The predicted octanol–water partition coefficient (Wildman–Crippen LogP) is 1.57. The van der Waals surface area contributed by atoms with E-state index in [1.54, 1.807) is 24.3 Å². The Morgan fingerprint density at radius 3 is 1.44 bits per heavy atom. The van der Waals surface area contributed by atoms with Gasteiger partial charge in [0.25, 0.3) is 0 Å². The van der Waals surface area contributed by atoms with E-state index in [4.69, 9.17) is 0 Å². The summed E-state index contributed by atoms with van der Waals surface area (Å²) in [5.41, 5.74) is 1.42. The van der Waals surface area contributed by atoms with Crippen LogP contribution in [0, 0.1) is 0 Å². The van der Waals surface area contributed by atoms with Crippen molar-refractivity contribution in [1.82, 2.24) is 0 Å². The Kier molecular flexibility index (Phi) is 2.29. The van der Waals surface area contributed by atoms with Crippen LogP contribution in [0.5, 0.6) is 11.5 Å². The highest BCUT2D eigenvalue weighted by atomic mass is 16.3. The van der Waals surface area contributed by atoms with Crippen LogP contribution >= 0.6 is 0 Å². The molecule has 0 bridgehead atoms. The van der Waals surface area contributed by atoms with Gasteiger partial charge in [0.15, 0.2) is 0 Å². The summed E-state index contributed by atoms with van der Waals surface area (Å²) in [6.07, 6.45) is -2.10. The molecule has 4 nitrogen and oxygen atoms in total. The molecule has 0 heterocycles. The molecule has 0 saturated heterocycles. The molecule has 18 heavy (non-hydrogen) atoms. The molecule has 1 aliphatic carbocycles. The first kappa shape index (κ1) is 11.1. The monoisotopic (exact) mass is 244 g/mol. The van der Waals surface area contributed by atoms with Crippen LogP contribution in [0.3, 0.4) is 0 Å². The number of phenols is 2. The maximum absolute atomic E-state index is 10.3. The van der Waals surface area contributed by atoms with Gasteiger partial charge >= 0.3 is 0 Å². The van der Waals surface area contributed by atoms with Gasteiger partial charge in [-0.2, -0.15) is 0 Å². The quantitative estimate of drug-likeness (QED) is 0.530. The highest BCUT2D eigenvalue weighted by Crippen LogP contribution is 2.47. The average Bonchev–Trinajstić information content (AvgIpc) is 2.38. The van der Waals surface area contributed by atoms with Crippen molar-refractivity contribution in [3.63, 3.8) is 0 Å². The standard InChI is InChI=1S/C14H12O4/c15-9-5-6-10(16)12-11(9)13(17)7-3-1-2-4-8(7)14(12)18/h1-6,13-18H. The third-order valence-corrected chi connectivity index (χ3v) is 3.37. The molecule has 0 fully saturated rings. The Labute approximate surface area is 103 Å². The average molecular weight is 244 g/mol. The fraction of sp³-hybridized carbons (Fsp3) is 0.143. The van der Waals surface area contributed by atoms with Crippen molar-refractivity contribution in [2.24, 2.45) is 0 Å². The van der Waals surface area contributed by atoms with Crippen molar-refractivity contribution in [3.8, 4) is 11.5 Å². The zero-order valence-corrected chi connectivity index (χ0v) is 9.41. The van der Waals surface area contributed by atoms with Gasteiger partial charge < -0.3 is 20.4 Å². The molecule has 1 aliphatic rings. The second-order valence-electron chi connectivity index (χ2n) is 4.37. The lowest BCUT2D eigenvalue weighted by Crippen LogP contribution is -2.18. The lowest BCUT2D eigenvalue weighted by atomic mass is 9.81. The molecule has 0 aliphatic heterocycles. The fourth-order valence-corrected chi connectivity index (χ4v) is 2.51. The molecule has 0 aromatic heterocycles. The van der Waals surface area contributed by atoms with Crippen molar-refractivity contribution in [1.29, 1.82) is 0 Å². The highest BCUT2D eigenvalue weighted by Gasteiger charge is 2.34. The molecule has 0 saturated carbocycles. The fourth-order valence-electron chi connectivity index (χ4n) is 2.51. The second kappa shape index (κ2) is 3.73. The molecular weight excluding hydrogens is 232 g/mol. The van der Waals surface area contributed by atoms with E-state index in [1.807, 2.05) is 0 Å². The van der Waals surface area contributed by atoms with Gasteiger partial charge in [-0.3, -0.25) is 0 Å². The van der Waals surface area contributed by atoms with Crippen LogP contribution in [-0.2, 0) is 0 Å². The largest absolute Gasteiger partial charge is 0.508 e. The van der Waals surface area contributed by atoms with Crippen LogP contribution in [0.1, 0.15) is 34.5 Å². The maximum Gasteiger partial charge on any atom is 0.122 e. The summed E-state index contributed by atoms with van der Waals surface area (Å²) in [5, 5.41) is 40.1. The number of fused-ring (bicyclic) bond motifs is 2. The molecule has 2 atom stereocenters. The van der Waals surface area contributed by atoms with Gasteiger partial charge in [0.1, 0.15) is 23.7 Å². The van der Waals surface area contributed by atoms with Crippen LogP contribution in [0.4, 0.5) is 0 Å². The van der Waals surface area contributed by atoms with Crippen LogP contribution < -0.4 is 0 Å². The van der Waals surface area contributed by atoms with Crippen molar-refractivity contribution in [2.75, 3.05) is 0 Å². The van der Waals surface area contributed by atoms with Crippen LogP contribution in [0.2, 0.25) is 0 Å². The van der Waals surface area contributed by atoms with E-state index in [9.17, 15) is 20.4 Å². The number of hydrogen-bond acceptors (Lipinski definition) is 4. The predicted molar refractivity (Wildman–Crippen MR) is 64.3 cm³/mol. The number of aromatic hydroxyl groups is 2. The third kappa shape index (κ3) is 1.33. The van der Waals surface area contributed by atoms with E-state index < -0.39 is 12.2 Å². The molecule has 3 rings (SSSR count). The third-order valence-electron chi connectivity index (χ3n) is 3.37. The minimum absolute atomic E-state index is 0.135. The van der Waals surface area contributed by atoms with E-state index in [-0.39, 0.29) is 22.6 Å². The normalized spacial score (nSPS) is 21.2. The molecule has 2 aromatic carbocycles. The van der Waals surface area contributed by atoms with Crippen molar-refractivity contribution >= 4 is 0 Å². The molecular formula is C14H12O4. The first-order chi connectivity index (χ1) is 8.61. The minimum atomic E-state index is -1.05. The first-order valence-corrected chi connectivity index (χ1v) is 5.61. The van der Waals surface area contributed by atoms with Crippen LogP contribution in [0.15, 0.2) is 36.4 Å². The highest BCUT2D eigenvalue weighted by molar-refractivity contribution is 5.59. The molecule has 2 unspecified atom stereocenters. The lowest BCUT2D eigenvalue weighted by Gasteiger charge is -2.29. The Morgan fingerprint density at radius 2 is 1.06 bits per heavy atom. The summed E-state index contributed by atoms with van der Waals surface area (Å²) in [6.45, 7) is 0. The van der Waals surface area contributed by atoms with Crippen molar-refractivity contribution in [2.45, 2.75) is 12.2 Å². The SMILES string of the molecule is Oc1ccc(O)c2c1C(O)c1ccccc1C2O. The summed E-state index contributed by atoms with van der Waals surface area (Å²) in [4.78, 5) is 0. The summed E-state index contributed by atoms with van der Waals surface area (Å²) in [7, 11) is 0. The molecule has 92 valence electrons. The summed E-state index contributed by atoms with van der Waals surface area (Å²) < 4.78 is 0. The van der Waals surface area contributed by atoms with Crippen molar-refractivity contribution in [3.05, 3.63) is 58.7 Å². The van der Waals surface area contributed by atoms with Gasteiger partial charge in [-0.15, -0.1) is 0 Å². The van der Waals surface area contributed by atoms with E-state index in [1.165, 1.54) is 12.1 Å². The smallest absolute Gasteiger partial charge is 0.122 e. The molecule has 4 N–H and O–H groups in total. The second-order valence-corrected chi connectivity index (χ2v) is 4.37. The van der Waals surface area contributed by atoms with Gasteiger partial charge in [-0.05, 0) is 23.3 Å². The zero-order valence-electron chi connectivity index (χ0n) is 9.41. The van der Waals surface area contributed by atoms with Gasteiger partial charge in [0.2, 0.25) is 0 Å². The van der Waals surface area contributed by atoms with Gasteiger partial charge in [0, 0.05) is 11.1 Å². The number of phenolic OH excluding ortho intramolecular Hbond substituents is 2. The van der Waals surface area contributed by atoms with Crippen LogP contribution in [0.25, 0.3) is 0 Å². The van der Waals surface area contributed by atoms with Gasteiger partial charge in [0.05, 0.1) is 0 Å². The Balaban J connectivity index is 2.33. The summed E-state index contributed by atoms with van der Waals surface area (Å²) in [5.74, 6) is -0.271. The molecule has 0 spiro atoms. The molecule has 0 radical (unpaired) electrons. The van der Waals surface area contributed by atoms with E-state index in [2.05, 4.69) is 0 Å². The lowest BCUT2D eigenvalue weighted by molar-refractivity contribution is 0.167. The van der Waals surface area contributed by atoms with E-state index in [0.29, 0.717) is 11.1 Å². The number of benzene rings is 2. The van der Waals surface area contributed by atoms with Crippen LogP contribution in [-0.4, -0.2) is 20.4 Å². The number of rotatable bonds is 0. The Bertz CT molecular complexity index is 567. The van der Waals surface area contributed by atoms with E-state index in [0.717, 1.165) is 0 Å². The Morgan fingerprint density at radius 1 is 0.667 bits per heavy atom. The molecule has 4 heteroatoms. The number of aliphatic hydroxyl groups is 2. The summed E-state index contributed by atoms with van der Waals surface area (Å²) in [6, 6.07) is 9.49. The molecule has 0 amide bonds. The number of hydrogen-bond donors (Lipinski definition) is 4. The maximum atomic E-state index is 10.3. The Hall–Kier alpha value is -2.04.